The zero-order valence-corrected chi connectivity index (χ0v) is 9.19. The number of halogens is 2. The Labute approximate surface area is 89.5 Å². The molecule has 0 radical (unpaired) electrons. The van der Waals surface area contributed by atoms with E-state index in [-0.39, 0.29) is 5.82 Å². The monoisotopic (exact) mass is 213 g/mol. The second kappa shape index (κ2) is 5.21. The number of hydrogen-bond donors (Lipinski definition) is 1. The van der Waals surface area contributed by atoms with E-state index in [1.165, 1.54) is 19.9 Å². The van der Waals surface area contributed by atoms with Crippen LogP contribution < -0.4 is 5.32 Å². The molecule has 0 atom stereocenters. The number of hydrogen-bond acceptors (Lipinski definition) is 1. The fraction of sp³-hybridized carbons (Fsp3) is 0.500. The molecule has 1 N–H and O–H groups in total. The Hall–Kier alpha value is -0.960. The summed E-state index contributed by atoms with van der Waals surface area (Å²) in [6.07, 6.45) is 0.586. The van der Waals surface area contributed by atoms with Crippen LogP contribution in [0.1, 0.15) is 19.4 Å². The van der Waals surface area contributed by atoms with Gasteiger partial charge in [0.2, 0.25) is 0 Å². The second-order valence-electron chi connectivity index (χ2n) is 4.24. The number of nitrogens with one attached hydrogen (secondary N) is 1. The Bertz CT molecular complexity index is 305. The standard InChI is InChI=1S/C12H17F2N/c1-12(2,14)9-15-8-7-10-5-3-4-6-11(10)13/h3-6,15H,7-9H2,1-2H3. The predicted octanol–water partition coefficient (Wildman–Crippen LogP) is 2.71. The lowest BCUT2D eigenvalue weighted by Gasteiger charge is -2.14. The molecule has 0 spiro atoms. The average Bonchev–Trinajstić information content (AvgIpc) is 2.13. The quantitative estimate of drug-likeness (QED) is 0.741. The van der Waals surface area contributed by atoms with Gasteiger partial charge in [0.1, 0.15) is 11.5 Å². The average molecular weight is 213 g/mol. The number of benzene rings is 1. The molecule has 1 rings (SSSR count). The van der Waals surface area contributed by atoms with Gasteiger partial charge in [-0.15, -0.1) is 0 Å². The highest BCUT2D eigenvalue weighted by atomic mass is 19.1. The third kappa shape index (κ3) is 4.88. The van der Waals surface area contributed by atoms with Gasteiger partial charge in [0, 0.05) is 6.54 Å². The fourth-order valence-electron chi connectivity index (χ4n) is 1.31. The van der Waals surface area contributed by atoms with Gasteiger partial charge < -0.3 is 5.32 Å². The van der Waals surface area contributed by atoms with Gasteiger partial charge in [0.25, 0.3) is 0 Å². The smallest absolute Gasteiger partial charge is 0.126 e. The Kier molecular flexibility index (Phi) is 4.21. The largest absolute Gasteiger partial charge is 0.313 e. The molecular formula is C12H17F2N. The van der Waals surface area contributed by atoms with Crippen molar-refractivity contribution in [3.63, 3.8) is 0 Å². The van der Waals surface area contributed by atoms with E-state index in [0.717, 1.165) is 0 Å². The first-order valence-corrected chi connectivity index (χ1v) is 5.12. The first-order chi connectivity index (χ1) is 6.99. The van der Waals surface area contributed by atoms with Crippen molar-refractivity contribution in [1.29, 1.82) is 0 Å². The number of alkyl halides is 1. The molecule has 1 nitrogen and oxygen atoms in total. The molecule has 0 aliphatic heterocycles. The molecule has 0 aromatic heterocycles. The molecule has 0 amide bonds. The maximum atomic E-state index is 13.1. The van der Waals surface area contributed by atoms with Gasteiger partial charge in [-0.1, -0.05) is 18.2 Å². The van der Waals surface area contributed by atoms with Crippen molar-refractivity contribution in [2.24, 2.45) is 0 Å². The van der Waals surface area contributed by atoms with Gasteiger partial charge in [-0.25, -0.2) is 8.78 Å². The lowest BCUT2D eigenvalue weighted by atomic mass is 10.1. The van der Waals surface area contributed by atoms with E-state index in [1.54, 1.807) is 18.2 Å². The summed E-state index contributed by atoms with van der Waals surface area (Å²) in [5.74, 6) is -0.196. The zero-order valence-electron chi connectivity index (χ0n) is 9.19. The van der Waals surface area contributed by atoms with Crippen LogP contribution in [0.3, 0.4) is 0 Å². The van der Waals surface area contributed by atoms with E-state index in [0.29, 0.717) is 25.1 Å². The van der Waals surface area contributed by atoms with Crippen molar-refractivity contribution in [2.75, 3.05) is 13.1 Å². The van der Waals surface area contributed by atoms with Crippen LogP contribution >= 0.6 is 0 Å². The van der Waals surface area contributed by atoms with E-state index in [9.17, 15) is 8.78 Å². The highest BCUT2D eigenvalue weighted by Crippen LogP contribution is 2.07. The highest BCUT2D eigenvalue weighted by Gasteiger charge is 2.13. The molecule has 15 heavy (non-hydrogen) atoms. The van der Waals surface area contributed by atoms with E-state index in [4.69, 9.17) is 0 Å². The Balaban J connectivity index is 2.30. The van der Waals surface area contributed by atoms with Crippen LogP contribution in [0.25, 0.3) is 0 Å². The molecule has 0 saturated heterocycles. The van der Waals surface area contributed by atoms with Crippen molar-refractivity contribution < 1.29 is 8.78 Å². The van der Waals surface area contributed by atoms with Crippen LogP contribution in [0.4, 0.5) is 8.78 Å². The summed E-state index contributed by atoms with van der Waals surface area (Å²) in [5, 5.41) is 2.96. The summed E-state index contributed by atoms with van der Waals surface area (Å²) >= 11 is 0. The SMILES string of the molecule is CC(C)(F)CNCCc1ccccc1F. The third-order valence-electron chi connectivity index (χ3n) is 2.07. The summed E-state index contributed by atoms with van der Waals surface area (Å²) in [4.78, 5) is 0. The Morgan fingerprint density at radius 2 is 1.93 bits per heavy atom. The summed E-state index contributed by atoms with van der Waals surface area (Å²) < 4.78 is 26.2. The highest BCUT2D eigenvalue weighted by molar-refractivity contribution is 5.17. The lowest BCUT2D eigenvalue weighted by molar-refractivity contribution is 0.211. The van der Waals surface area contributed by atoms with Gasteiger partial charge >= 0.3 is 0 Å². The van der Waals surface area contributed by atoms with Crippen LogP contribution in [0.15, 0.2) is 24.3 Å². The van der Waals surface area contributed by atoms with Gasteiger partial charge in [0.05, 0.1) is 0 Å². The summed E-state index contributed by atoms with van der Waals surface area (Å²) in [6.45, 7) is 3.92. The summed E-state index contributed by atoms with van der Waals surface area (Å²) in [5.41, 5.74) is -0.545. The molecule has 3 heteroatoms. The van der Waals surface area contributed by atoms with E-state index in [2.05, 4.69) is 5.32 Å². The first-order valence-electron chi connectivity index (χ1n) is 5.12. The molecule has 1 aromatic carbocycles. The topological polar surface area (TPSA) is 12.0 Å². The zero-order chi connectivity index (χ0) is 11.3. The molecule has 0 fully saturated rings. The number of rotatable bonds is 5. The normalized spacial score (nSPS) is 11.7. The molecule has 84 valence electrons. The molecular weight excluding hydrogens is 196 g/mol. The minimum absolute atomic E-state index is 0.196. The van der Waals surface area contributed by atoms with Crippen molar-refractivity contribution in [2.45, 2.75) is 25.9 Å². The molecule has 0 heterocycles. The first kappa shape index (κ1) is 12.1. The second-order valence-corrected chi connectivity index (χ2v) is 4.24. The van der Waals surface area contributed by atoms with Gasteiger partial charge in [-0.3, -0.25) is 0 Å². The third-order valence-corrected chi connectivity index (χ3v) is 2.07. The van der Waals surface area contributed by atoms with Crippen molar-refractivity contribution >= 4 is 0 Å². The van der Waals surface area contributed by atoms with Gasteiger partial charge in [-0.05, 0) is 38.4 Å². The van der Waals surface area contributed by atoms with Gasteiger partial charge in [-0.2, -0.15) is 0 Å². The predicted molar refractivity (Wildman–Crippen MR) is 58.2 cm³/mol. The maximum Gasteiger partial charge on any atom is 0.126 e. The minimum Gasteiger partial charge on any atom is -0.313 e. The van der Waals surface area contributed by atoms with Crippen molar-refractivity contribution in [1.82, 2.24) is 5.32 Å². The minimum atomic E-state index is -1.21. The maximum absolute atomic E-state index is 13.1. The lowest BCUT2D eigenvalue weighted by Crippen LogP contribution is -2.32. The van der Waals surface area contributed by atoms with Crippen LogP contribution in [0.5, 0.6) is 0 Å². The fourth-order valence-corrected chi connectivity index (χ4v) is 1.31. The molecule has 0 aliphatic carbocycles. The Morgan fingerprint density at radius 1 is 1.27 bits per heavy atom. The van der Waals surface area contributed by atoms with E-state index >= 15 is 0 Å². The molecule has 0 bridgehead atoms. The van der Waals surface area contributed by atoms with E-state index < -0.39 is 5.67 Å². The molecule has 1 aromatic rings. The van der Waals surface area contributed by atoms with Crippen molar-refractivity contribution in [3.05, 3.63) is 35.6 Å². The van der Waals surface area contributed by atoms with Crippen LogP contribution in [-0.4, -0.2) is 18.8 Å². The molecule has 0 saturated carbocycles. The summed E-state index contributed by atoms with van der Waals surface area (Å²) in [6, 6.07) is 6.65. The van der Waals surface area contributed by atoms with E-state index in [1.807, 2.05) is 0 Å². The van der Waals surface area contributed by atoms with Crippen LogP contribution in [0.2, 0.25) is 0 Å². The van der Waals surface area contributed by atoms with Crippen molar-refractivity contribution in [3.8, 4) is 0 Å². The summed E-state index contributed by atoms with van der Waals surface area (Å²) in [7, 11) is 0. The molecule has 0 aliphatic rings. The van der Waals surface area contributed by atoms with Crippen LogP contribution in [0, 0.1) is 5.82 Å². The Morgan fingerprint density at radius 3 is 2.53 bits per heavy atom. The van der Waals surface area contributed by atoms with Crippen LogP contribution in [-0.2, 0) is 6.42 Å². The van der Waals surface area contributed by atoms with Gasteiger partial charge in [0.15, 0.2) is 0 Å². The molecule has 0 unspecified atom stereocenters.